The number of rotatable bonds is 3. The third kappa shape index (κ3) is 2.88. The normalized spacial score (nSPS) is 39.4. The highest BCUT2D eigenvalue weighted by Crippen LogP contribution is 2.21. The second-order valence-corrected chi connectivity index (χ2v) is 3.47. The van der Waals surface area contributed by atoms with Gasteiger partial charge >= 0.3 is 0 Å². The first-order valence-corrected chi connectivity index (χ1v) is 4.70. The summed E-state index contributed by atoms with van der Waals surface area (Å²) in [6.07, 6.45) is -6.86. The van der Waals surface area contributed by atoms with Crippen molar-refractivity contribution in [2.45, 2.75) is 37.6 Å². The maximum absolute atomic E-state index is 10.6. The van der Waals surface area contributed by atoms with Crippen LogP contribution in [0.5, 0.6) is 0 Å². The zero-order valence-corrected chi connectivity index (χ0v) is 8.61. The summed E-state index contributed by atoms with van der Waals surface area (Å²) in [6, 6.07) is 0. The van der Waals surface area contributed by atoms with E-state index in [2.05, 4.69) is 4.84 Å². The van der Waals surface area contributed by atoms with Crippen molar-refractivity contribution in [3.05, 3.63) is 0 Å². The van der Waals surface area contributed by atoms with Gasteiger partial charge < -0.3 is 25.2 Å². The first-order chi connectivity index (χ1) is 7.47. The van der Waals surface area contributed by atoms with E-state index in [1.165, 1.54) is 6.92 Å². The molecule has 94 valence electrons. The maximum Gasteiger partial charge on any atom is 0.240 e. The van der Waals surface area contributed by atoms with Crippen molar-refractivity contribution < 1.29 is 34.8 Å². The summed E-state index contributed by atoms with van der Waals surface area (Å²) in [4.78, 5) is 15.2. The highest BCUT2D eigenvalue weighted by molar-refractivity contribution is 5.71. The fraction of sp³-hybridized carbons (Fsp3) is 0.875. The van der Waals surface area contributed by atoms with E-state index in [0.29, 0.717) is 0 Å². The van der Waals surface area contributed by atoms with E-state index in [1.54, 1.807) is 0 Å². The average molecular weight is 237 g/mol. The van der Waals surface area contributed by atoms with Crippen LogP contribution in [0.2, 0.25) is 0 Å². The topological polar surface area (TPSA) is 128 Å². The molecule has 8 heteroatoms. The molecule has 0 spiro atoms. The number of carbonyl (C=O) groups excluding carboxylic acids is 1. The average Bonchev–Trinajstić information content (AvgIpc) is 2.22. The third-order valence-corrected chi connectivity index (χ3v) is 2.18. The Hall–Kier alpha value is -0.770. The lowest BCUT2D eigenvalue weighted by molar-refractivity contribution is -0.304. The molecule has 0 bridgehead atoms. The van der Waals surface area contributed by atoms with Gasteiger partial charge in [-0.2, -0.15) is 0 Å². The smallest absolute Gasteiger partial charge is 0.240 e. The van der Waals surface area contributed by atoms with Crippen LogP contribution in [0.25, 0.3) is 0 Å². The van der Waals surface area contributed by atoms with Gasteiger partial charge in [0.05, 0.1) is 6.61 Å². The number of nitrogens with one attached hydrogen (secondary N) is 1. The van der Waals surface area contributed by atoms with Crippen molar-refractivity contribution in [3.8, 4) is 0 Å². The lowest BCUT2D eigenvalue weighted by Gasteiger charge is -2.39. The van der Waals surface area contributed by atoms with Crippen LogP contribution < -0.4 is 5.48 Å². The van der Waals surface area contributed by atoms with E-state index >= 15 is 0 Å². The second kappa shape index (κ2) is 5.53. The van der Waals surface area contributed by atoms with Crippen LogP contribution in [0, 0.1) is 0 Å². The highest BCUT2D eigenvalue weighted by atomic mass is 16.7. The Labute approximate surface area is 91.4 Å². The predicted molar refractivity (Wildman–Crippen MR) is 48.7 cm³/mol. The van der Waals surface area contributed by atoms with Gasteiger partial charge in [-0.15, -0.1) is 0 Å². The summed E-state index contributed by atoms with van der Waals surface area (Å²) in [6.45, 7) is 0.623. The first-order valence-electron chi connectivity index (χ1n) is 4.70. The van der Waals surface area contributed by atoms with Gasteiger partial charge in [0.2, 0.25) is 5.91 Å². The largest absolute Gasteiger partial charge is 0.394 e. The number of hydrogen-bond donors (Lipinski definition) is 5. The van der Waals surface area contributed by atoms with Gasteiger partial charge in [-0.3, -0.25) is 9.63 Å². The van der Waals surface area contributed by atoms with Crippen molar-refractivity contribution in [2.24, 2.45) is 0 Å². The Balaban J connectivity index is 2.60. The van der Waals surface area contributed by atoms with Crippen LogP contribution in [0.15, 0.2) is 0 Å². The molecule has 1 heterocycles. The van der Waals surface area contributed by atoms with Gasteiger partial charge in [-0.1, -0.05) is 0 Å². The van der Waals surface area contributed by atoms with Gasteiger partial charge in [0, 0.05) is 6.92 Å². The first kappa shape index (κ1) is 13.3. The molecular weight excluding hydrogens is 222 g/mol. The molecule has 1 rings (SSSR count). The second-order valence-electron chi connectivity index (χ2n) is 3.47. The molecule has 1 fully saturated rings. The minimum Gasteiger partial charge on any atom is -0.394 e. The summed E-state index contributed by atoms with van der Waals surface area (Å²) < 4.78 is 4.78. The third-order valence-electron chi connectivity index (χ3n) is 2.18. The van der Waals surface area contributed by atoms with Crippen LogP contribution >= 0.6 is 0 Å². The Morgan fingerprint density at radius 3 is 2.50 bits per heavy atom. The molecule has 1 unspecified atom stereocenters. The van der Waals surface area contributed by atoms with E-state index in [4.69, 9.17) is 9.84 Å². The number of carbonyl (C=O) groups is 1. The molecule has 0 aromatic carbocycles. The summed E-state index contributed by atoms with van der Waals surface area (Å²) in [5.74, 6) is -0.529. The van der Waals surface area contributed by atoms with E-state index in [1.807, 2.05) is 5.48 Å². The number of amides is 1. The molecule has 5 N–H and O–H groups in total. The van der Waals surface area contributed by atoms with Gasteiger partial charge in [-0.25, -0.2) is 5.48 Å². The summed E-state index contributed by atoms with van der Waals surface area (Å²) in [7, 11) is 0. The monoisotopic (exact) mass is 237 g/mol. The number of hydroxylamine groups is 1. The lowest BCUT2D eigenvalue weighted by atomic mass is 9.99. The molecule has 16 heavy (non-hydrogen) atoms. The molecule has 1 aliphatic heterocycles. The highest BCUT2D eigenvalue weighted by Gasteiger charge is 2.44. The number of hydrogen-bond acceptors (Lipinski definition) is 7. The Bertz CT molecular complexity index is 249. The molecule has 1 amide bonds. The minimum absolute atomic E-state index is 0.529. The van der Waals surface area contributed by atoms with Crippen LogP contribution in [0.3, 0.4) is 0 Å². The van der Waals surface area contributed by atoms with Crippen molar-refractivity contribution >= 4 is 5.91 Å². The maximum atomic E-state index is 10.6. The fourth-order valence-electron chi connectivity index (χ4n) is 1.35. The van der Waals surface area contributed by atoms with Gasteiger partial charge in [0.25, 0.3) is 0 Å². The molecule has 0 aromatic rings. The van der Waals surface area contributed by atoms with Crippen LogP contribution in [0.1, 0.15) is 6.92 Å². The van der Waals surface area contributed by atoms with Crippen LogP contribution in [-0.4, -0.2) is 63.6 Å². The molecule has 0 saturated carbocycles. The van der Waals surface area contributed by atoms with Crippen LogP contribution in [0.4, 0.5) is 0 Å². The number of aliphatic hydroxyl groups is 4. The number of ether oxygens (including phenoxy) is 1. The molecule has 1 aliphatic rings. The fourth-order valence-corrected chi connectivity index (χ4v) is 1.35. The van der Waals surface area contributed by atoms with Crippen molar-refractivity contribution in [3.63, 3.8) is 0 Å². The summed E-state index contributed by atoms with van der Waals surface area (Å²) in [5, 5.41) is 37.2. The van der Waals surface area contributed by atoms with Crippen LogP contribution in [-0.2, 0) is 14.4 Å². The molecule has 8 nitrogen and oxygen atoms in total. The van der Waals surface area contributed by atoms with Crippen molar-refractivity contribution in [1.29, 1.82) is 0 Å². The molecule has 0 aromatic heterocycles. The Morgan fingerprint density at radius 2 is 2.00 bits per heavy atom. The molecule has 5 atom stereocenters. The quantitative estimate of drug-likeness (QED) is 0.328. The standard InChI is InChI=1S/C8H15NO7/c1-3(11)9-16-7-6(13)5(12)4(2-10)15-8(7)14/h4-8,10,12-14H,2H2,1H3,(H,9,11)/t4-,5-,6+,7-,8?/m1/s1. The van der Waals surface area contributed by atoms with Crippen molar-refractivity contribution in [2.75, 3.05) is 6.61 Å². The Kier molecular flexibility index (Phi) is 4.59. The lowest BCUT2D eigenvalue weighted by Crippen LogP contribution is -2.60. The summed E-state index contributed by atoms with van der Waals surface area (Å²) >= 11 is 0. The molecule has 0 aliphatic carbocycles. The van der Waals surface area contributed by atoms with Gasteiger partial charge in [0.15, 0.2) is 12.4 Å². The number of aliphatic hydroxyl groups excluding tert-OH is 4. The zero-order chi connectivity index (χ0) is 12.3. The molecule has 1 saturated heterocycles. The van der Waals surface area contributed by atoms with E-state index in [-0.39, 0.29) is 0 Å². The van der Waals surface area contributed by atoms with E-state index < -0.39 is 43.2 Å². The molecular formula is C8H15NO7. The van der Waals surface area contributed by atoms with E-state index in [0.717, 1.165) is 0 Å². The van der Waals surface area contributed by atoms with Crippen molar-refractivity contribution in [1.82, 2.24) is 5.48 Å². The molecule has 0 radical (unpaired) electrons. The predicted octanol–water partition coefficient (Wildman–Crippen LogP) is -3.15. The summed E-state index contributed by atoms with van der Waals surface area (Å²) in [5.41, 5.74) is 1.92. The SMILES string of the molecule is CC(=O)NO[C@H]1C(O)O[C@H](CO)[C@@H](O)[C@@H]1O. The van der Waals surface area contributed by atoms with E-state index in [9.17, 15) is 20.1 Å². The van der Waals surface area contributed by atoms with Gasteiger partial charge in [0.1, 0.15) is 18.3 Å². The zero-order valence-electron chi connectivity index (χ0n) is 8.61. The Morgan fingerprint density at radius 1 is 1.38 bits per heavy atom. The minimum atomic E-state index is -1.55. The van der Waals surface area contributed by atoms with Gasteiger partial charge in [-0.05, 0) is 0 Å².